The average Bonchev–Trinajstić information content (AvgIpc) is 2.79. The highest BCUT2D eigenvalue weighted by atomic mass is 16.5. The van der Waals surface area contributed by atoms with Crippen LogP contribution in [0, 0.1) is 11.8 Å². The minimum absolute atomic E-state index is 0.0971. The first-order chi connectivity index (χ1) is 9.49. The maximum atomic E-state index is 11.3. The molecule has 20 heavy (non-hydrogen) atoms. The van der Waals surface area contributed by atoms with E-state index in [0.29, 0.717) is 11.7 Å². The van der Waals surface area contributed by atoms with Crippen LogP contribution in [0.2, 0.25) is 0 Å². The van der Waals surface area contributed by atoms with E-state index in [1.165, 1.54) is 26.0 Å². The molecule has 0 aliphatic carbocycles. The number of ether oxygens (including phenoxy) is 2. The fourth-order valence-electron chi connectivity index (χ4n) is 2.63. The lowest BCUT2D eigenvalue weighted by molar-refractivity contribution is -0.135. The molecule has 0 saturated carbocycles. The van der Waals surface area contributed by atoms with Crippen LogP contribution >= 0.6 is 0 Å². The van der Waals surface area contributed by atoms with Crippen molar-refractivity contribution in [2.75, 3.05) is 7.11 Å². The van der Waals surface area contributed by atoms with E-state index in [1.54, 1.807) is 0 Å². The van der Waals surface area contributed by atoms with E-state index in [9.17, 15) is 4.79 Å². The Hall–Kier alpha value is -1.25. The van der Waals surface area contributed by atoms with Gasteiger partial charge in [0.2, 0.25) is 0 Å². The summed E-state index contributed by atoms with van der Waals surface area (Å²) >= 11 is 0. The van der Waals surface area contributed by atoms with Gasteiger partial charge in [-0.3, -0.25) is 0 Å². The third kappa shape index (κ3) is 5.03. The van der Waals surface area contributed by atoms with Crippen LogP contribution < -0.4 is 0 Å². The molecule has 0 aromatic carbocycles. The molecule has 0 N–H and O–H groups in total. The zero-order valence-electron chi connectivity index (χ0n) is 13.4. The quantitative estimate of drug-likeness (QED) is 0.517. The second-order valence-corrected chi connectivity index (χ2v) is 5.82. The predicted molar refractivity (Wildman–Crippen MR) is 81.2 cm³/mol. The monoisotopic (exact) mass is 280 g/mol. The summed E-state index contributed by atoms with van der Waals surface area (Å²) in [7, 11) is 1.38. The van der Waals surface area contributed by atoms with Crippen LogP contribution in [0.5, 0.6) is 0 Å². The Kier molecular flexibility index (Phi) is 6.83. The van der Waals surface area contributed by atoms with Gasteiger partial charge in [-0.05, 0) is 42.7 Å². The maximum absolute atomic E-state index is 11.3. The number of carbonyl (C=O) groups is 1. The SMILES string of the molecule is CCC1=CC(C[C@@H](C)C[C@@H](C)CC)O/C1=C\C(=O)OC. The highest BCUT2D eigenvalue weighted by Crippen LogP contribution is 2.31. The lowest BCUT2D eigenvalue weighted by Gasteiger charge is -2.19. The van der Waals surface area contributed by atoms with E-state index >= 15 is 0 Å². The van der Waals surface area contributed by atoms with Gasteiger partial charge >= 0.3 is 5.97 Å². The molecule has 1 rings (SSSR count). The largest absolute Gasteiger partial charge is 0.486 e. The highest BCUT2D eigenvalue weighted by molar-refractivity contribution is 5.83. The van der Waals surface area contributed by atoms with Crippen molar-refractivity contribution >= 4 is 5.97 Å². The molecule has 0 amide bonds. The first-order valence-electron chi connectivity index (χ1n) is 7.67. The van der Waals surface area contributed by atoms with Crippen molar-refractivity contribution in [3.8, 4) is 0 Å². The molecule has 1 unspecified atom stereocenters. The Bertz CT molecular complexity index is 382. The first kappa shape index (κ1) is 16.8. The van der Waals surface area contributed by atoms with Gasteiger partial charge in [-0.25, -0.2) is 4.79 Å². The fourth-order valence-corrected chi connectivity index (χ4v) is 2.63. The van der Waals surface area contributed by atoms with Crippen LogP contribution in [-0.2, 0) is 14.3 Å². The van der Waals surface area contributed by atoms with Gasteiger partial charge in [-0.1, -0.05) is 34.1 Å². The van der Waals surface area contributed by atoms with Crippen LogP contribution in [0.25, 0.3) is 0 Å². The van der Waals surface area contributed by atoms with Crippen LogP contribution in [0.1, 0.15) is 53.4 Å². The van der Waals surface area contributed by atoms with Gasteiger partial charge in [-0.15, -0.1) is 0 Å². The van der Waals surface area contributed by atoms with Gasteiger partial charge in [0.1, 0.15) is 11.9 Å². The van der Waals surface area contributed by atoms with Crippen molar-refractivity contribution in [1.29, 1.82) is 0 Å². The number of hydrogen-bond donors (Lipinski definition) is 0. The van der Waals surface area contributed by atoms with E-state index in [4.69, 9.17) is 4.74 Å². The van der Waals surface area contributed by atoms with Crippen LogP contribution in [0.4, 0.5) is 0 Å². The predicted octanol–water partition coefficient (Wildman–Crippen LogP) is 4.24. The molecule has 1 heterocycles. The number of methoxy groups -OCH3 is 1. The Morgan fingerprint density at radius 2 is 2.10 bits per heavy atom. The van der Waals surface area contributed by atoms with Gasteiger partial charge in [0.05, 0.1) is 13.2 Å². The van der Waals surface area contributed by atoms with Crippen molar-refractivity contribution in [2.24, 2.45) is 11.8 Å². The molecule has 0 radical (unpaired) electrons. The Morgan fingerprint density at radius 3 is 2.65 bits per heavy atom. The summed E-state index contributed by atoms with van der Waals surface area (Å²) in [6.07, 6.45) is 8.03. The van der Waals surface area contributed by atoms with E-state index in [0.717, 1.165) is 24.3 Å². The molecule has 3 nitrogen and oxygen atoms in total. The van der Waals surface area contributed by atoms with E-state index < -0.39 is 0 Å². The molecule has 0 aromatic heterocycles. The van der Waals surface area contributed by atoms with Crippen molar-refractivity contribution in [2.45, 2.75) is 59.5 Å². The fraction of sp³-hybridized carbons (Fsp3) is 0.706. The standard InChI is InChI=1S/C17H28O3/c1-6-12(3)8-13(4)9-15-10-14(7-2)16(20-15)11-17(18)19-5/h10-13,15H,6-9H2,1-5H3/b16-11-/t12-,13-,15?/m0/s1. The zero-order chi connectivity index (χ0) is 15.1. The number of rotatable bonds is 7. The van der Waals surface area contributed by atoms with Crippen LogP contribution in [0.15, 0.2) is 23.5 Å². The summed E-state index contributed by atoms with van der Waals surface area (Å²) in [6, 6.07) is 0. The summed E-state index contributed by atoms with van der Waals surface area (Å²) in [5.74, 6) is 1.71. The van der Waals surface area contributed by atoms with Gasteiger partial charge in [0, 0.05) is 0 Å². The molecule has 0 bridgehead atoms. The van der Waals surface area contributed by atoms with E-state index in [1.807, 2.05) is 0 Å². The molecule has 0 spiro atoms. The molecule has 1 aliphatic heterocycles. The van der Waals surface area contributed by atoms with Crippen molar-refractivity contribution < 1.29 is 14.3 Å². The molecule has 0 aromatic rings. The lowest BCUT2D eigenvalue weighted by Crippen LogP contribution is -2.12. The molecule has 0 fully saturated rings. The maximum Gasteiger partial charge on any atom is 0.334 e. The van der Waals surface area contributed by atoms with Gasteiger partial charge in [0.15, 0.2) is 0 Å². The summed E-state index contributed by atoms with van der Waals surface area (Å²) < 4.78 is 10.6. The lowest BCUT2D eigenvalue weighted by atomic mass is 9.91. The molecule has 0 saturated heterocycles. The average molecular weight is 280 g/mol. The van der Waals surface area contributed by atoms with Crippen molar-refractivity contribution in [1.82, 2.24) is 0 Å². The first-order valence-corrected chi connectivity index (χ1v) is 7.67. The normalized spacial score (nSPS) is 23.1. The molecule has 1 aliphatic rings. The third-order valence-electron chi connectivity index (χ3n) is 3.95. The minimum atomic E-state index is -0.354. The van der Waals surface area contributed by atoms with Crippen LogP contribution in [0.3, 0.4) is 0 Å². The highest BCUT2D eigenvalue weighted by Gasteiger charge is 2.24. The second-order valence-electron chi connectivity index (χ2n) is 5.82. The smallest absolute Gasteiger partial charge is 0.334 e. The van der Waals surface area contributed by atoms with Crippen molar-refractivity contribution in [3.63, 3.8) is 0 Å². The number of esters is 1. The molecule has 3 atom stereocenters. The number of hydrogen-bond acceptors (Lipinski definition) is 3. The van der Waals surface area contributed by atoms with E-state index in [2.05, 4.69) is 38.5 Å². The van der Waals surface area contributed by atoms with Gasteiger partial charge in [0.25, 0.3) is 0 Å². The Morgan fingerprint density at radius 1 is 1.40 bits per heavy atom. The van der Waals surface area contributed by atoms with Gasteiger partial charge < -0.3 is 9.47 Å². The number of carbonyl (C=O) groups excluding carboxylic acids is 1. The minimum Gasteiger partial charge on any atom is -0.486 e. The number of allylic oxidation sites excluding steroid dienone is 1. The summed E-state index contributed by atoms with van der Waals surface area (Å²) in [6.45, 7) is 8.87. The van der Waals surface area contributed by atoms with Crippen molar-refractivity contribution in [3.05, 3.63) is 23.5 Å². The van der Waals surface area contributed by atoms with E-state index in [-0.39, 0.29) is 12.1 Å². The summed E-state index contributed by atoms with van der Waals surface area (Å²) in [5.41, 5.74) is 1.11. The Labute approximate surface area is 123 Å². The van der Waals surface area contributed by atoms with Crippen LogP contribution in [-0.4, -0.2) is 19.2 Å². The molecular formula is C17H28O3. The molecular weight excluding hydrogens is 252 g/mol. The van der Waals surface area contributed by atoms with Gasteiger partial charge in [-0.2, -0.15) is 0 Å². The summed E-state index contributed by atoms with van der Waals surface area (Å²) in [5, 5.41) is 0. The Balaban J connectivity index is 2.60. The summed E-state index contributed by atoms with van der Waals surface area (Å²) in [4.78, 5) is 11.3. The molecule has 3 heteroatoms. The molecule has 114 valence electrons. The third-order valence-corrected chi connectivity index (χ3v) is 3.95. The second kappa shape index (κ2) is 8.13. The zero-order valence-corrected chi connectivity index (χ0v) is 13.4. The topological polar surface area (TPSA) is 35.5 Å².